The second-order valence-electron chi connectivity index (χ2n) is 3.93. The van der Waals surface area contributed by atoms with Crippen molar-refractivity contribution in [2.24, 2.45) is 5.73 Å². The van der Waals surface area contributed by atoms with Crippen LogP contribution in [0.4, 0.5) is 0 Å². The number of benzene rings is 1. The summed E-state index contributed by atoms with van der Waals surface area (Å²) in [6, 6.07) is 5.35. The summed E-state index contributed by atoms with van der Waals surface area (Å²) in [4.78, 5) is 11.4. The molecule has 0 radical (unpaired) electrons. The van der Waals surface area contributed by atoms with E-state index in [-0.39, 0.29) is 11.7 Å². The smallest absolute Gasteiger partial charge is 0.158 e. The predicted octanol–water partition coefficient (Wildman–Crippen LogP) is 3.28. The van der Waals surface area contributed by atoms with Crippen LogP contribution in [0.15, 0.2) is 30.0 Å². The molecule has 0 heterocycles. The van der Waals surface area contributed by atoms with Gasteiger partial charge in [0.05, 0.1) is 0 Å². The second-order valence-corrected chi connectivity index (χ2v) is 4.74. The van der Waals surface area contributed by atoms with Crippen LogP contribution < -0.4 is 5.73 Å². The van der Waals surface area contributed by atoms with Gasteiger partial charge in [0.1, 0.15) is 0 Å². The zero-order valence-electron chi connectivity index (χ0n) is 8.54. The van der Waals surface area contributed by atoms with Crippen LogP contribution in [0.25, 0.3) is 0 Å². The summed E-state index contributed by atoms with van der Waals surface area (Å²) in [6.07, 6.45) is 2.54. The molecule has 84 valence electrons. The molecule has 1 aromatic rings. The molecule has 1 aromatic carbocycles. The lowest BCUT2D eigenvalue weighted by Gasteiger charge is -2.22. The van der Waals surface area contributed by atoms with Gasteiger partial charge in [0.15, 0.2) is 5.78 Å². The van der Waals surface area contributed by atoms with Gasteiger partial charge in [-0.15, -0.1) is 0 Å². The standard InChI is InChI=1S/C12H11Cl2NO/c13-10-2-1-3-11(14)12(10)7-4-8(15)6-9(16)5-7/h1-3,6-7H,4-5,15H2. The number of hydrogen-bond donors (Lipinski definition) is 1. The molecule has 0 bridgehead atoms. The molecule has 2 rings (SSSR count). The molecule has 0 saturated carbocycles. The zero-order valence-corrected chi connectivity index (χ0v) is 10.1. The number of halogens is 2. The maximum absolute atomic E-state index is 11.4. The molecule has 1 atom stereocenters. The van der Waals surface area contributed by atoms with Gasteiger partial charge in [-0.2, -0.15) is 0 Å². The van der Waals surface area contributed by atoms with E-state index in [1.807, 2.05) is 0 Å². The first kappa shape index (κ1) is 11.5. The van der Waals surface area contributed by atoms with Gasteiger partial charge >= 0.3 is 0 Å². The maximum atomic E-state index is 11.4. The summed E-state index contributed by atoms with van der Waals surface area (Å²) < 4.78 is 0. The Bertz CT molecular complexity index is 448. The van der Waals surface area contributed by atoms with Crippen LogP contribution in [0.2, 0.25) is 10.0 Å². The van der Waals surface area contributed by atoms with E-state index in [0.29, 0.717) is 28.6 Å². The SMILES string of the molecule is NC1=CC(=O)CC(c2c(Cl)cccc2Cl)C1. The fourth-order valence-electron chi connectivity index (χ4n) is 2.03. The van der Waals surface area contributed by atoms with Gasteiger partial charge in [-0.1, -0.05) is 29.3 Å². The minimum Gasteiger partial charge on any atom is -0.402 e. The van der Waals surface area contributed by atoms with Gasteiger partial charge in [-0.25, -0.2) is 0 Å². The summed E-state index contributed by atoms with van der Waals surface area (Å²) in [7, 11) is 0. The minimum absolute atomic E-state index is 0.00120. The lowest BCUT2D eigenvalue weighted by Crippen LogP contribution is -2.17. The highest BCUT2D eigenvalue weighted by atomic mass is 35.5. The number of carbonyl (C=O) groups excluding carboxylic acids is 1. The first-order valence-corrected chi connectivity index (χ1v) is 5.76. The quantitative estimate of drug-likeness (QED) is 0.837. The Labute approximate surface area is 104 Å². The number of carbonyl (C=O) groups is 1. The van der Waals surface area contributed by atoms with Gasteiger partial charge < -0.3 is 5.73 Å². The van der Waals surface area contributed by atoms with Crippen molar-refractivity contribution in [1.82, 2.24) is 0 Å². The van der Waals surface area contributed by atoms with Gasteiger partial charge in [0, 0.05) is 22.2 Å². The highest BCUT2D eigenvalue weighted by Gasteiger charge is 2.24. The summed E-state index contributed by atoms with van der Waals surface area (Å²) in [5.74, 6) is 0.0310. The van der Waals surface area contributed by atoms with E-state index in [4.69, 9.17) is 28.9 Å². The Balaban J connectivity index is 2.39. The molecule has 0 saturated heterocycles. The van der Waals surface area contributed by atoms with Gasteiger partial charge in [0.2, 0.25) is 0 Å². The molecule has 0 aromatic heterocycles. The van der Waals surface area contributed by atoms with Crippen molar-refractivity contribution in [3.05, 3.63) is 45.6 Å². The van der Waals surface area contributed by atoms with E-state index in [2.05, 4.69) is 0 Å². The molecular weight excluding hydrogens is 245 g/mol. The number of ketones is 1. The Morgan fingerprint density at radius 2 is 1.81 bits per heavy atom. The van der Waals surface area contributed by atoms with Gasteiger partial charge in [-0.05, 0) is 36.1 Å². The van der Waals surface area contributed by atoms with Gasteiger partial charge in [0.25, 0.3) is 0 Å². The van der Waals surface area contributed by atoms with Crippen molar-refractivity contribution in [2.45, 2.75) is 18.8 Å². The molecule has 16 heavy (non-hydrogen) atoms. The van der Waals surface area contributed by atoms with Crippen LogP contribution in [0.1, 0.15) is 24.3 Å². The summed E-state index contributed by atoms with van der Waals surface area (Å²) in [5.41, 5.74) is 7.13. The zero-order chi connectivity index (χ0) is 11.7. The number of rotatable bonds is 1. The fraction of sp³-hybridized carbons (Fsp3) is 0.250. The van der Waals surface area contributed by atoms with Crippen LogP contribution in [0, 0.1) is 0 Å². The fourth-order valence-corrected chi connectivity index (χ4v) is 2.74. The predicted molar refractivity (Wildman–Crippen MR) is 65.7 cm³/mol. The average molecular weight is 256 g/mol. The maximum Gasteiger partial charge on any atom is 0.158 e. The van der Waals surface area contributed by atoms with Crippen molar-refractivity contribution in [2.75, 3.05) is 0 Å². The molecular formula is C12H11Cl2NO. The van der Waals surface area contributed by atoms with E-state index in [1.165, 1.54) is 6.08 Å². The second kappa shape index (κ2) is 4.48. The highest BCUT2D eigenvalue weighted by Crippen LogP contribution is 2.38. The van der Waals surface area contributed by atoms with E-state index in [9.17, 15) is 4.79 Å². The molecule has 1 unspecified atom stereocenters. The molecule has 0 fully saturated rings. The highest BCUT2D eigenvalue weighted by molar-refractivity contribution is 6.36. The summed E-state index contributed by atoms with van der Waals surface area (Å²) in [6.45, 7) is 0. The molecule has 0 amide bonds. The van der Waals surface area contributed by atoms with Crippen LogP contribution in [0.3, 0.4) is 0 Å². The van der Waals surface area contributed by atoms with Crippen molar-refractivity contribution in [3.8, 4) is 0 Å². The monoisotopic (exact) mass is 255 g/mol. The average Bonchev–Trinajstić information content (AvgIpc) is 2.15. The van der Waals surface area contributed by atoms with Gasteiger partial charge in [-0.3, -0.25) is 4.79 Å². The van der Waals surface area contributed by atoms with Crippen LogP contribution >= 0.6 is 23.2 Å². The van der Waals surface area contributed by atoms with E-state index >= 15 is 0 Å². The normalized spacial score (nSPS) is 20.8. The van der Waals surface area contributed by atoms with Crippen molar-refractivity contribution >= 4 is 29.0 Å². The number of nitrogens with two attached hydrogens (primary N) is 1. The first-order chi connectivity index (χ1) is 7.58. The lowest BCUT2D eigenvalue weighted by atomic mass is 9.85. The van der Waals surface area contributed by atoms with E-state index < -0.39 is 0 Å². The number of allylic oxidation sites excluding steroid dienone is 2. The van der Waals surface area contributed by atoms with E-state index in [0.717, 1.165) is 5.56 Å². The topological polar surface area (TPSA) is 43.1 Å². The Morgan fingerprint density at radius 1 is 1.19 bits per heavy atom. The Morgan fingerprint density at radius 3 is 2.38 bits per heavy atom. The minimum atomic E-state index is -0.00120. The number of hydrogen-bond acceptors (Lipinski definition) is 2. The van der Waals surface area contributed by atoms with Crippen molar-refractivity contribution < 1.29 is 4.79 Å². The molecule has 1 aliphatic carbocycles. The van der Waals surface area contributed by atoms with Crippen molar-refractivity contribution in [1.29, 1.82) is 0 Å². The van der Waals surface area contributed by atoms with Crippen LogP contribution in [-0.2, 0) is 4.79 Å². The van der Waals surface area contributed by atoms with Crippen LogP contribution in [0.5, 0.6) is 0 Å². The van der Waals surface area contributed by atoms with E-state index in [1.54, 1.807) is 18.2 Å². The molecule has 4 heteroatoms. The molecule has 0 spiro atoms. The largest absolute Gasteiger partial charge is 0.402 e. The molecule has 0 aliphatic heterocycles. The molecule has 1 aliphatic rings. The molecule has 2 N–H and O–H groups in total. The van der Waals surface area contributed by atoms with Crippen molar-refractivity contribution in [3.63, 3.8) is 0 Å². The summed E-state index contributed by atoms with van der Waals surface area (Å²) >= 11 is 12.2. The Hall–Kier alpha value is -0.990. The lowest BCUT2D eigenvalue weighted by molar-refractivity contribution is -0.115. The third-order valence-electron chi connectivity index (χ3n) is 2.68. The third-order valence-corrected chi connectivity index (χ3v) is 3.34. The summed E-state index contributed by atoms with van der Waals surface area (Å²) in [5, 5.41) is 1.19. The third kappa shape index (κ3) is 2.23. The first-order valence-electron chi connectivity index (χ1n) is 5.00. The Kier molecular flexibility index (Phi) is 3.22. The molecule has 2 nitrogen and oxygen atoms in total. The van der Waals surface area contributed by atoms with Crippen LogP contribution in [-0.4, -0.2) is 5.78 Å².